The van der Waals surface area contributed by atoms with Gasteiger partial charge in [0.2, 0.25) is 0 Å². The van der Waals surface area contributed by atoms with Crippen LogP contribution in [0.3, 0.4) is 0 Å². The molecule has 0 radical (unpaired) electrons. The lowest BCUT2D eigenvalue weighted by Crippen LogP contribution is -2.36. The van der Waals surface area contributed by atoms with E-state index in [1.165, 1.54) is 17.5 Å². The SMILES string of the molecule is Cc1ccc(C(C)CCNC(C)(C)C)cc1. The Morgan fingerprint density at radius 1 is 1.12 bits per heavy atom. The topological polar surface area (TPSA) is 12.0 Å². The molecule has 0 heterocycles. The van der Waals surface area contributed by atoms with Crippen molar-refractivity contribution in [3.63, 3.8) is 0 Å². The molecule has 1 aromatic carbocycles. The average molecular weight is 219 g/mol. The molecule has 16 heavy (non-hydrogen) atoms. The lowest BCUT2D eigenvalue weighted by Gasteiger charge is -2.22. The predicted octanol–water partition coefficient (Wildman–Crippen LogP) is 3.88. The predicted molar refractivity (Wildman–Crippen MR) is 72.0 cm³/mol. The van der Waals surface area contributed by atoms with E-state index in [4.69, 9.17) is 0 Å². The second-order valence-electron chi connectivity index (χ2n) is 5.78. The fourth-order valence-electron chi connectivity index (χ4n) is 1.73. The first kappa shape index (κ1) is 13.2. The van der Waals surface area contributed by atoms with Crippen LogP contribution in [0.1, 0.15) is 51.2 Å². The summed E-state index contributed by atoms with van der Waals surface area (Å²) in [6.07, 6.45) is 1.19. The van der Waals surface area contributed by atoms with Gasteiger partial charge in [-0.25, -0.2) is 0 Å². The van der Waals surface area contributed by atoms with Crippen molar-refractivity contribution in [2.45, 2.75) is 52.5 Å². The third kappa shape index (κ3) is 4.80. The highest BCUT2D eigenvalue weighted by Crippen LogP contribution is 2.19. The Hall–Kier alpha value is -0.820. The monoisotopic (exact) mass is 219 g/mol. The summed E-state index contributed by atoms with van der Waals surface area (Å²) in [6, 6.07) is 8.89. The number of nitrogens with one attached hydrogen (secondary N) is 1. The zero-order valence-corrected chi connectivity index (χ0v) is 11.3. The molecule has 1 unspecified atom stereocenters. The van der Waals surface area contributed by atoms with Crippen molar-refractivity contribution in [2.24, 2.45) is 0 Å². The highest BCUT2D eigenvalue weighted by Gasteiger charge is 2.10. The van der Waals surface area contributed by atoms with E-state index in [9.17, 15) is 0 Å². The lowest BCUT2D eigenvalue weighted by molar-refractivity contribution is 0.413. The van der Waals surface area contributed by atoms with E-state index >= 15 is 0 Å². The molecule has 0 saturated heterocycles. The minimum Gasteiger partial charge on any atom is -0.312 e. The molecular formula is C15H25N. The smallest absolute Gasteiger partial charge is 0.00965 e. The van der Waals surface area contributed by atoms with Crippen molar-refractivity contribution >= 4 is 0 Å². The Bertz CT molecular complexity index is 305. The van der Waals surface area contributed by atoms with Gasteiger partial charge in [0.05, 0.1) is 0 Å². The normalized spacial score (nSPS) is 13.8. The molecule has 0 amide bonds. The number of hydrogen-bond acceptors (Lipinski definition) is 1. The minimum absolute atomic E-state index is 0.229. The number of benzene rings is 1. The van der Waals surface area contributed by atoms with Gasteiger partial charge < -0.3 is 5.32 Å². The Balaban J connectivity index is 2.41. The molecule has 0 spiro atoms. The van der Waals surface area contributed by atoms with Gasteiger partial charge in [-0.2, -0.15) is 0 Å². The lowest BCUT2D eigenvalue weighted by atomic mass is 9.96. The van der Waals surface area contributed by atoms with Gasteiger partial charge in [-0.15, -0.1) is 0 Å². The van der Waals surface area contributed by atoms with Crippen LogP contribution in [0.2, 0.25) is 0 Å². The van der Waals surface area contributed by atoms with Crippen LogP contribution in [-0.2, 0) is 0 Å². The van der Waals surface area contributed by atoms with Gasteiger partial charge in [-0.05, 0) is 52.1 Å². The van der Waals surface area contributed by atoms with Crippen molar-refractivity contribution in [1.29, 1.82) is 0 Å². The average Bonchev–Trinajstić information content (AvgIpc) is 2.16. The van der Waals surface area contributed by atoms with Crippen LogP contribution < -0.4 is 5.32 Å². The van der Waals surface area contributed by atoms with Gasteiger partial charge in [-0.3, -0.25) is 0 Å². The molecule has 0 saturated carbocycles. The Morgan fingerprint density at radius 2 is 1.69 bits per heavy atom. The van der Waals surface area contributed by atoms with E-state index in [2.05, 4.69) is 64.2 Å². The van der Waals surface area contributed by atoms with Crippen LogP contribution >= 0.6 is 0 Å². The maximum absolute atomic E-state index is 3.53. The minimum atomic E-state index is 0.229. The summed E-state index contributed by atoms with van der Waals surface area (Å²) in [4.78, 5) is 0. The molecule has 0 bridgehead atoms. The highest BCUT2D eigenvalue weighted by molar-refractivity contribution is 5.23. The molecule has 0 aliphatic rings. The highest BCUT2D eigenvalue weighted by atomic mass is 14.9. The molecule has 1 heteroatoms. The van der Waals surface area contributed by atoms with Crippen LogP contribution in [0.4, 0.5) is 0 Å². The van der Waals surface area contributed by atoms with E-state index < -0.39 is 0 Å². The van der Waals surface area contributed by atoms with E-state index in [0.717, 1.165) is 6.54 Å². The van der Waals surface area contributed by atoms with Crippen molar-refractivity contribution in [3.05, 3.63) is 35.4 Å². The molecule has 1 rings (SSSR count). The molecular weight excluding hydrogens is 194 g/mol. The van der Waals surface area contributed by atoms with Gasteiger partial charge in [0.1, 0.15) is 0 Å². The zero-order valence-electron chi connectivity index (χ0n) is 11.3. The summed E-state index contributed by atoms with van der Waals surface area (Å²) in [5.41, 5.74) is 3.01. The molecule has 0 aliphatic carbocycles. The van der Waals surface area contributed by atoms with Gasteiger partial charge in [0.15, 0.2) is 0 Å². The maximum Gasteiger partial charge on any atom is 0.00965 e. The number of aryl methyl sites for hydroxylation is 1. The largest absolute Gasteiger partial charge is 0.312 e. The Morgan fingerprint density at radius 3 is 2.19 bits per heavy atom. The summed E-state index contributed by atoms with van der Waals surface area (Å²) in [5.74, 6) is 0.635. The number of hydrogen-bond donors (Lipinski definition) is 1. The molecule has 0 aromatic heterocycles. The molecule has 1 nitrogen and oxygen atoms in total. The van der Waals surface area contributed by atoms with Crippen LogP contribution in [0.5, 0.6) is 0 Å². The Kier molecular flexibility index (Phi) is 4.55. The summed E-state index contributed by atoms with van der Waals surface area (Å²) in [7, 11) is 0. The van der Waals surface area contributed by atoms with Crippen LogP contribution in [0.25, 0.3) is 0 Å². The second-order valence-corrected chi connectivity index (χ2v) is 5.78. The van der Waals surface area contributed by atoms with Crippen molar-refractivity contribution in [1.82, 2.24) is 5.32 Å². The molecule has 0 aliphatic heterocycles. The first-order chi connectivity index (χ1) is 7.38. The number of rotatable bonds is 4. The van der Waals surface area contributed by atoms with Crippen molar-refractivity contribution < 1.29 is 0 Å². The molecule has 1 N–H and O–H groups in total. The van der Waals surface area contributed by atoms with Gasteiger partial charge >= 0.3 is 0 Å². The second kappa shape index (κ2) is 5.49. The van der Waals surface area contributed by atoms with E-state index in [1.807, 2.05) is 0 Å². The third-order valence-corrected chi connectivity index (χ3v) is 2.88. The van der Waals surface area contributed by atoms with Crippen LogP contribution in [0, 0.1) is 6.92 Å². The fraction of sp³-hybridized carbons (Fsp3) is 0.600. The maximum atomic E-state index is 3.53. The molecule has 0 fully saturated rings. The van der Waals surface area contributed by atoms with Gasteiger partial charge in [0, 0.05) is 5.54 Å². The molecule has 1 aromatic rings. The first-order valence-electron chi connectivity index (χ1n) is 6.20. The summed E-state index contributed by atoms with van der Waals surface area (Å²) in [6.45, 7) is 12.2. The fourth-order valence-corrected chi connectivity index (χ4v) is 1.73. The summed E-state index contributed by atoms with van der Waals surface area (Å²) in [5, 5.41) is 3.53. The van der Waals surface area contributed by atoms with Gasteiger partial charge in [0.25, 0.3) is 0 Å². The Labute approximate surface area is 100 Å². The van der Waals surface area contributed by atoms with E-state index in [-0.39, 0.29) is 5.54 Å². The van der Waals surface area contributed by atoms with Gasteiger partial charge in [-0.1, -0.05) is 36.8 Å². The third-order valence-electron chi connectivity index (χ3n) is 2.88. The zero-order chi connectivity index (χ0) is 12.2. The summed E-state index contributed by atoms with van der Waals surface area (Å²) >= 11 is 0. The van der Waals surface area contributed by atoms with Crippen molar-refractivity contribution in [2.75, 3.05) is 6.54 Å². The standard InChI is InChI=1S/C15H25N/c1-12-6-8-14(9-7-12)13(2)10-11-16-15(3,4)5/h6-9,13,16H,10-11H2,1-5H3. The molecule has 90 valence electrons. The van der Waals surface area contributed by atoms with E-state index in [1.54, 1.807) is 0 Å². The first-order valence-corrected chi connectivity index (χ1v) is 6.20. The summed E-state index contributed by atoms with van der Waals surface area (Å²) < 4.78 is 0. The van der Waals surface area contributed by atoms with E-state index in [0.29, 0.717) is 5.92 Å². The van der Waals surface area contributed by atoms with Crippen LogP contribution in [-0.4, -0.2) is 12.1 Å². The quantitative estimate of drug-likeness (QED) is 0.810. The van der Waals surface area contributed by atoms with Crippen molar-refractivity contribution in [3.8, 4) is 0 Å². The van der Waals surface area contributed by atoms with Crippen LogP contribution in [0.15, 0.2) is 24.3 Å². The molecule has 1 atom stereocenters.